The Labute approximate surface area is 160 Å². The summed E-state index contributed by atoms with van der Waals surface area (Å²) < 4.78 is 32.4. The lowest BCUT2D eigenvalue weighted by Crippen LogP contribution is -2.50. The van der Waals surface area contributed by atoms with E-state index in [-0.39, 0.29) is 17.2 Å². The van der Waals surface area contributed by atoms with Gasteiger partial charge in [-0.25, -0.2) is 8.42 Å². The zero-order valence-electron chi connectivity index (χ0n) is 15.4. The van der Waals surface area contributed by atoms with Gasteiger partial charge in [0.15, 0.2) is 0 Å². The van der Waals surface area contributed by atoms with Crippen LogP contribution in [0.1, 0.15) is 12.0 Å². The fourth-order valence-corrected chi connectivity index (χ4v) is 4.49. The summed E-state index contributed by atoms with van der Waals surface area (Å²) in [4.78, 5) is 14.4. The third-order valence-electron chi connectivity index (χ3n) is 4.64. The van der Waals surface area contributed by atoms with Crippen molar-refractivity contribution in [1.29, 1.82) is 0 Å². The van der Waals surface area contributed by atoms with Crippen LogP contribution in [0.3, 0.4) is 0 Å². The first-order chi connectivity index (χ1) is 13.0. The molecule has 0 radical (unpaired) electrons. The summed E-state index contributed by atoms with van der Waals surface area (Å²) in [7, 11) is -3.50. The maximum Gasteiger partial charge on any atom is 0.243 e. The summed E-state index contributed by atoms with van der Waals surface area (Å²) in [6.45, 7) is 3.68. The monoisotopic (exact) mass is 388 g/mol. The average Bonchev–Trinajstić information content (AvgIpc) is 2.70. The quantitative estimate of drug-likeness (QED) is 0.762. The molecule has 0 aliphatic carbocycles. The van der Waals surface area contributed by atoms with Crippen molar-refractivity contribution in [3.8, 4) is 5.75 Å². The maximum atomic E-state index is 12.6. The molecule has 0 saturated carbocycles. The van der Waals surface area contributed by atoms with Crippen LogP contribution in [0.25, 0.3) is 0 Å². The number of sulfonamides is 1. The second-order valence-corrected chi connectivity index (χ2v) is 8.40. The molecule has 1 fully saturated rings. The normalized spacial score (nSPS) is 15.5. The van der Waals surface area contributed by atoms with Crippen molar-refractivity contribution >= 4 is 15.9 Å². The van der Waals surface area contributed by atoms with Crippen LogP contribution in [-0.2, 0) is 14.8 Å². The van der Waals surface area contributed by atoms with E-state index in [1.54, 1.807) is 35.2 Å². The van der Waals surface area contributed by atoms with Gasteiger partial charge in [-0.05, 0) is 30.7 Å². The lowest BCUT2D eigenvalue weighted by atomic mass is 10.2. The van der Waals surface area contributed by atoms with Gasteiger partial charge in [-0.3, -0.25) is 4.79 Å². The number of carbonyl (C=O) groups excluding carboxylic acids is 1. The van der Waals surface area contributed by atoms with Gasteiger partial charge in [0.25, 0.3) is 0 Å². The molecule has 0 bridgehead atoms. The van der Waals surface area contributed by atoms with E-state index < -0.39 is 10.0 Å². The highest BCUT2D eigenvalue weighted by molar-refractivity contribution is 7.89. The van der Waals surface area contributed by atoms with Crippen LogP contribution < -0.4 is 4.74 Å². The van der Waals surface area contributed by atoms with E-state index in [1.807, 2.05) is 31.2 Å². The fraction of sp³-hybridized carbons (Fsp3) is 0.350. The second-order valence-electron chi connectivity index (χ2n) is 6.46. The maximum absolute atomic E-state index is 12.6. The number of aryl methyl sites for hydroxylation is 1. The number of ether oxygens (including phenoxy) is 1. The first-order valence-electron chi connectivity index (χ1n) is 9.00. The van der Waals surface area contributed by atoms with Crippen LogP contribution in [0.15, 0.2) is 59.5 Å². The van der Waals surface area contributed by atoms with E-state index in [0.29, 0.717) is 32.8 Å². The Kier molecular flexibility index (Phi) is 6.13. The number of carbonyl (C=O) groups is 1. The number of amides is 1. The molecule has 1 saturated heterocycles. The summed E-state index contributed by atoms with van der Waals surface area (Å²) in [6, 6.07) is 16.1. The summed E-state index contributed by atoms with van der Waals surface area (Å²) in [5, 5.41) is 0. The number of nitrogens with zero attached hydrogens (tertiary/aromatic N) is 2. The number of piperazine rings is 1. The Bertz CT molecular complexity index is 876. The lowest BCUT2D eigenvalue weighted by molar-refractivity contribution is -0.132. The highest BCUT2D eigenvalue weighted by Crippen LogP contribution is 2.18. The SMILES string of the molecule is Cc1ccccc1OCCC(=O)N1CCN(S(=O)(=O)c2ccccc2)CC1. The third kappa shape index (κ3) is 4.67. The van der Waals surface area contributed by atoms with Gasteiger partial charge in [-0.15, -0.1) is 0 Å². The Balaban J connectivity index is 1.49. The van der Waals surface area contributed by atoms with Crippen molar-refractivity contribution in [2.45, 2.75) is 18.2 Å². The Hall–Kier alpha value is -2.38. The second kappa shape index (κ2) is 8.54. The smallest absolute Gasteiger partial charge is 0.243 e. The van der Waals surface area contributed by atoms with Gasteiger partial charge >= 0.3 is 0 Å². The van der Waals surface area contributed by atoms with Gasteiger partial charge in [-0.2, -0.15) is 4.31 Å². The molecule has 1 aliphatic rings. The van der Waals surface area contributed by atoms with Gasteiger partial charge in [0, 0.05) is 26.2 Å². The molecule has 0 atom stereocenters. The minimum Gasteiger partial charge on any atom is -0.493 e. The molecule has 1 aliphatic heterocycles. The number of hydrogen-bond acceptors (Lipinski definition) is 4. The number of para-hydroxylation sites is 1. The van der Waals surface area contributed by atoms with Crippen molar-refractivity contribution in [3.05, 3.63) is 60.2 Å². The van der Waals surface area contributed by atoms with E-state index in [2.05, 4.69) is 0 Å². The van der Waals surface area contributed by atoms with E-state index in [0.717, 1.165) is 11.3 Å². The predicted molar refractivity (Wildman–Crippen MR) is 103 cm³/mol. The Morgan fingerprint density at radius 3 is 2.26 bits per heavy atom. The van der Waals surface area contributed by atoms with Crippen molar-refractivity contribution in [2.24, 2.45) is 0 Å². The van der Waals surface area contributed by atoms with Crippen LogP contribution in [0.4, 0.5) is 0 Å². The molecule has 0 aromatic heterocycles. The van der Waals surface area contributed by atoms with Crippen molar-refractivity contribution in [3.63, 3.8) is 0 Å². The molecule has 144 valence electrons. The van der Waals surface area contributed by atoms with Gasteiger partial charge in [-0.1, -0.05) is 36.4 Å². The summed E-state index contributed by atoms with van der Waals surface area (Å²) in [5.41, 5.74) is 1.03. The van der Waals surface area contributed by atoms with Crippen LogP contribution >= 0.6 is 0 Å². The molecule has 1 amide bonds. The molecule has 3 rings (SSSR count). The molecular formula is C20H24N2O4S. The van der Waals surface area contributed by atoms with Crippen molar-refractivity contribution < 1.29 is 17.9 Å². The van der Waals surface area contributed by atoms with E-state index in [9.17, 15) is 13.2 Å². The molecule has 1 heterocycles. The van der Waals surface area contributed by atoms with E-state index in [1.165, 1.54) is 4.31 Å². The van der Waals surface area contributed by atoms with Crippen LogP contribution in [-0.4, -0.2) is 56.3 Å². The number of hydrogen-bond donors (Lipinski definition) is 0. The van der Waals surface area contributed by atoms with Crippen molar-refractivity contribution in [2.75, 3.05) is 32.8 Å². The molecule has 6 nitrogen and oxygen atoms in total. The van der Waals surface area contributed by atoms with Gasteiger partial charge in [0.1, 0.15) is 5.75 Å². The first-order valence-corrected chi connectivity index (χ1v) is 10.4. The molecule has 27 heavy (non-hydrogen) atoms. The molecular weight excluding hydrogens is 364 g/mol. The lowest BCUT2D eigenvalue weighted by Gasteiger charge is -2.34. The Morgan fingerprint density at radius 2 is 1.59 bits per heavy atom. The van der Waals surface area contributed by atoms with Gasteiger partial charge in [0.05, 0.1) is 17.9 Å². The highest BCUT2D eigenvalue weighted by Gasteiger charge is 2.29. The van der Waals surface area contributed by atoms with E-state index in [4.69, 9.17) is 4.74 Å². The van der Waals surface area contributed by atoms with Gasteiger partial charge in [0.2, 0.25) is 15.9 Å². The Morgan fingerprint density at radius 1 is 0.963 bits per heavy atom. The van der Waals surface area contributed by atoms with Crippen LogP contribution in [0, 0.1) is 6.92 Å². The topological polar surface area (TPSA) is 66.9 Å². The summed E-state index contributed by atoms with van der Waals surface area (Å²) in [6.07, 6.45) is 0.278. The van der Waals surface area contributed by atoms with Gasteiger partial charge < -0.3 is 9.64 Å². The number of rotatable bonds is 6. The first kappa shape index (κ1) is 19.4. The number of benzene rings is 2. The molecule has 0 spiro atoms. The zero-order valence-corrected chi connectivity index (χ0v) is 16.2. The zero-order chi connectivity index (χ0) is 19.3. The van der Waals surface area contributed by atoms with Crippen LogP contribution in [0.2, 0.25) is 0 Å². The molecule has 0 N–H and O–H groups in total. The average molecular weight is 388 g/mol. The highest BCUT2D eigenvalue weighted by atomic mass is 32.2. The minimum atomic E-state index is -3.50. The van der Waals surface area contributed by atoms with Crippen LogP contribution in [0.5, 0.6) is 5.75 Å². The third-order valence-corrected chi connectivity index (χ3v) is 6.55. The molecule has 2 aromatic carbocycles. The predicted octanol–water partition coefficient (Wildman–Crippen LogP) is 2.30. The van der Waals surface area contributed by atoms with Crippen molar-refractivity contribution in [1.82, 2.24) is 9.21 Å². The fourth-order valence-electron chi connectivity index (χ4n) is 3.04. The molecule has 2 aromatic rings. The summed E-state index contributed by atoms with van der Waals surface area (Å²) in [5.74, 6) is 0.768. The van der Waals surface area contributed by atoms with E-state index >= 15 is 0 Å². The molecule has 7 heteroatoms. The summed E-state index contributed by atoms with van der Waals surface area (Å²) >= 11 is 0. The largest absolute Gasteiger partial charge is 0.493 e. The minimum absolute atomic E-state index is 0.0136. The molecule has 0 unspecified atom stereocenters. The standard InChI is InChI=1S/C20H24N2O4S/c1-17-7-5-6-10-19(17)26-16-11-20(23)21-12-14-22(15-13-21)27(24,25)18-8-3-2-4-9-18/h2-10H,11-16H2,1H3.